The normalized spacial score (nSPS) is 22.3. The number of nitrogens with zero attached hydrogens (tertiary/aromatic N) is 3. The second-order valence-corrected chi connectivity index (χ2v) is 10.4. The van der Waals surface area contributed by atoms with Crippen LogP contribution in [0.1, 0.15) is 44.5 Å². The predicted octanol–water partition coefficient (Wildman–Crippen LogP) is 1.45. The van der Waals surface area contributed by atoms with Crippen LogP contribution in [0.5, 0.6) is 0 Å². The van der Waals surface area contributed by atoms with Crippen molar-refractivity contribution in [3.8, 4) is 0 Å². The number of aliphatic hydroxyl groups is 1. The number of ether oxygens (including phenoxy) is 2. The van der Waals surface area contributed by atoms with Gasteiger partial charge in [0.25, 0.3) is 0 Å². The molecule has 0 radical (unpaired) electrons. The number of nitrogen functional groups attached to an aromatic ring is 1. The maximum Gasteiger partial charge on any atom is 0.406 e. The van der Waals surface area contributed by atoms with Crippen molar-refractivity contribution < 1.29 is 33.0 Å². The topological polar surface area (TPSA) is 177 Å². The van der Waals surface area contributed by atoms with Gasteiger partial charge in [0.15, 0.2) is 0 Å². The van der Waals surface area contributed by atoms with Crippen LogP contribution in [0, 0.1) is 6.92 Å². The van der Waals surface area contributed by atoms with Crippen LogP contribution in [-0.2, 0) is 34.5 Å². The van der Waals surface area contributed by atoms with E-state index in [-0.39, 0.29) is 31.7 Å². The summed E-state index contributed by atoms with van der Waals surface area (Å²) in [5.74, 6) is -0.814. The van der Waals surface area contributed by atoms with E-state index in [9.17, 15) is 19.3 Å². The fourth-order valence-electron chi connectivity index (χ4n) is 3.42. The SMILES string of the molecule is Cc1ccccc1CO[P@@](=O)(N[C@@H](C)C(=O)OC(C)C)OC[C@H]1O[C@@H](n2cnc(N)nc2=O)C[C@@H]1O. The Balaban J connectivity index is 1.70. The Morgan fingerprint density at radius 3 is 2.72 bits per heavy atom. The third kappa shape index (κ3) is 7.42. The highest BCUT2D eigenvalue weighted by Crippen LogP contribution is 2.46. The summed E-state index contributed by atoms with van der Waals surface area (Å²) in [6, 6.07) is 6.37. The molecule has 1 aromatic heterocycles. The van der Waals surface area contributed by atoms with Gasteiger partial charge >= 0.3 is 19.4 Å². The minimum Gasteiger partial charge on any atom is -0.462 e. The molecule has 13 nitrogen and oxygen atoms in total. The number of hydrogen-bond acceptors (Lipinski definition) is 11. The van der Waals surface area contributed by atoms with Crippen LogP contribution >= 0.6 is 7.75 Å². The number of hydrogen-bond donors (Lipinski definition) is 3. The molecule has 4 N–H and O–H groups in total. The first-order valence-electron chi connectivity index (χ1n) is 11.4. The number of aliphatic hydroxyl groups excluding tert-OH is 1. The fourth-order valence-corrected chi connectivity index (χ4v) is 4.88. The number of esters is 1. The van der Waals surface area contributed by atoms with E-state index in [0.717, 1.165) is 15.7 Å². The maximum atomic E-state index is 13.6. The molecule has 14 heteroatoms. The van der Waals surface area contributed by atoms with E-state index in [0.29, 0.717) is 0 Å². The molecule has 0 amide bonds. The van der Waals surface area contributed by atoms with Crippen molar-refractivity contribution >= 4 is 19.7 Å². The minimum absolute atomic E-state index is 0.0418. The lowest BCUT2D eigenvalue weighted by Gasteiger charge is -2.25. The van der Waals surface area contributed by atoms with E-state index in [1.807, 2.05) is 31.2 Å². The number of aromatic nitrogens is 3. The number of carbonyl (C=O) groups is 1. The number of benzene rings is 1. The highest BCUT2D eigenvalue weighted by Gasteiger charge is 2.39. The smallest absolute Gasteiger partial charge is 0.406 e. The van der Waals surface area contributed by atoms with E-state index in [2.05, 4.69) is 15.1 Å². The van der Waals surface area contributed by atoms with Gasteiger partial charge in [0.05, 0.1) is 25.4 Å². The van der Waals surface area contributed by atoms with Gasteiger partial charge in [-0.2, -0.15) is 4.98 Å². The molecule has 0 saturated carbocycles. The van der Waals surface area contributed by atoms with Gasteiger partial charge in [0.1, 0.15) is 24.7 Å². The van der Waals surface area contributed by atoms with E-state index in [1.165, 1.54) is 13.3 Å². The zero-order valence-corrected chi connectivity index (χ0v) is 21.5. The van der Waals surface area contributed by atoms with Gasteiger partial charge in [-0.05, 0) is 38.8 Å². The third-order valence-electron chi connectivity index (χ3n) is 5.38. The van der Waals surface area contributed by atoms with Crippen LogP contribution in [0.4, 0.5) is 5.95 Å². The van der Waals surface area contributed by atoms with E-state index in [4.69, 9.17) is 24.3 Å². The van der Waals surface area contributed by atoms with Crippen molar-refractivity contribution in [3.63, 3.8) is 0 Å². The number of nitrogens with one attached hydrogen (secondary N) is 1. The Labute approximate surface area is 208 Å². The van der Waals surface area contributed by atoms with Crippen LogP contribution in [0.25, 0.3) is 0 Å². The number of carbonyl (C=O) groups excluding carboxylic acids is 1. The first-order chi connectivity index (χ1) is 17.0. The monoisotopic (exact) mass is 525 g/mol. The molecule has 0 spiro atoms. The summed E-state index contributed by atoms with van der Waals surface area (Å²) in [6.45, 7) is 6.34. The van der Waals surface area contributed by atoms with Crippen molar-refractivity contribution in [1.29, 1.82) is 0 Å². The lowest BCUT2D eigenvalue weighted by atomic mass is 10.1. The Bertz CT molecular complexity index is 1160. The van der Waals surface area contributed by atoms with Crippen molar-refractivity contribution in [2.75, 3.05) is 12.3 Å². The van der Waals surface area contributed by atoms with E-state index in [1.54, 1.807) is 13.8 Å². The lowest BCUT2D eigenvalue weighted by molar-refractivity contribution is -0.149. The zero-order valence-electron chi connectivity index (χ0n) is 20.6. The Morgan fingerprint density at radius 2 is 2.06 bits per heavy atom. The summed E-state index contributed by atoms with van der Waals surface area (Å²) in [4.78, 5) is 31.7. The summed E-state index contributed by atoms with van der Waals surface area (Å²) in [6.07, 6.45) is -2.02. The molecule has 1 saturated heterocycles. The van der Waals surface area contributed by atoms with Gasteiger partial charge in [-0.3, -0.25) is 18.4 Å². The molecule has 3 rings (SSSR count). The van der Waals surface area contributed by atoms with Crippen LogP contribution in [0.15, 0.2) is 35.4 Å². The second-order valence-electron chi connectivity index (χ2n) is 8.67. The Kier molecular flexibility index (Phi) is 9.34. The molecule has 36 heavy (non-hydrogen) atoms. The summed E-state index contributed by atoms with van der Waals surface area (Å²) in [5, 5.41) is 13.1. The molecule has 5 atom stereocenters. The first kappa shape index (κ1) is 27.9. The molecule has 0 aliphatic carbocycles. The van der Waals surface area contributed by atoms with Crippen LogP contribution in [0.3, 0.4) is 0 Å². The molecule has 198 valence electrons. The van der Waals surface area contributed by atoms with Gasteiger partial charge in [-0.15, -0.1) is 0 Å². The van der Waals surface area contributed by atoms with Crippen molar-refractivity contribution in [1.82, 2.24) is 19.6 Å². The summed E-state index contributed by atoms with van der Waals surface area (Å²) in [7, 11) is -4.10. The third-order valence-corrected chi connectivity index (χ3v) is 7.04. The van der Waals surface area contributed by atoms with E-state index >= 15 is 0 Å². The van der Waals surface area contributed by atoms with Gasteiger partial charge in [-0.25, -0.2) is 19.4 Å². The molecular formula is C22H32N5O8P. The van der Waals surface area contributed by atoms with Gasteiger partial charge in [-0.1, -0.05) is 24.3 Å². The average molecular weight is 525 g/mol. The average Bonchev–Trinajstić information content (AvgIpc) is 3.17. The van der Waals surface area contributed by atoms with Gasteiger partial charge in [0, 0.05) is 6.42 Å². The Morgan fingerprint density at radius 1 is 1.33 bits per heavy atom. The highest BCUT2D eigenvalue weighted by atomic mass is 31.2. The van der Waals surface area contributed by atoms with Crippen molar-refractivity contribution in [2.45, 2.75) is 71.3 Å². The standard InChI is InChI=1S/C22H32N5O8P/c1-13(2)34-20(29)15(4)26-36(31,32-10-16-8-6-5-7-14(16)3)33-11-18-17(28)9-19(35-18)27-12-24-21(23)25-22(27)30/h5-8,12-13,15,17-19,28H,9-11H2,1-4H3,(H,26,31)(H2,23,25,30)/t15-,17-,18+,19+,36-/m0/s1. The number of anilines is 1. The summed E-state index contributed by atoms with van der Waals surface area (Å²) < 4.78 is 36.9. The molecule has 0 unspecified atom stereocenters. The largest absolute Gasteiger partial charge is 0.462 e. The van der Waals surface area contributed by atoms with Crippen LogP contribution in [-0.4, -0.2) is 56.6 Å². The van der Waals surface area contributed by atoms with Gasteiger partial charge < -0.3 is 20.3 Å². The second kappa shape index (κ2) is 12.0. The quantitative estimate of drug-likeness (QED) is 0.285. The Hall–Kier alpha value is -2.67. The predicted molar refractivity (Wildman–Crippen MR) is 129 cm³/mol. The van der Waals surface area contributed by atoms with E-state index < -0.39 is 43.9 Å². The number of aryl methyl sites for hydroxylation is 1. The molecule has 1 aliphatic heterocycles. The minimum atomic E-state index is -4.10. The zero-order chi connectivity index (χ0) is 26.5. The molecule has 1 aromatic carbocycles. The molecule has 1 aliphatic rings. The summed E-state index contributed by atoms with van der Waals surface area (Å²) >= 11 is 0. The van der Waals surface area contributed by atoms with Crippen molar-refractivity contribution in [2.24, 2.45) is 0 Å². The summed E-state index contributed by atoms with van der Waals surface area (Å²) in [5.41, 5.74) is 6.43. The van der Waals surface area contributed by atoms with Crippen LogP contribution < -0.4 is 16.5 Å². The molecule has 2 aromatic rings. The number of nitrogens with two attached hydrogens (primary N) is 1. The lowest BCUT2D eigenvalue weighted by Crippen LogP contribution is -2.36. The van der Waals surface area contributed by atoms with Crippen LogP contribution in [0.2, 0.25) is 0 Å². The maximum absolute atomic E-state index is 13.6. The highest BCUT2D eigenvalue weighted by molar-refractivity contribution is 7.51. The van der Waals surface area contributed by atoms with Crippen molar-refractivity contribution in [3.05, 3.63) is 52.2 Å². The molecule has 1 fully saturated rings. The molecule has 0 bridgehead atoms. The molecular weight excluding hydrogens is 493 g/mol. The fraction of sp³-hybridized carbons (Fsp3) is 0.545. The number of rotatable bonds is 11. The first-order valence-corrected chi connectivity index (χ1v) is 13.0. The molecule has 2 heterocycles. The van der Waals surface area contributed by atoms with Gasteiger partial charge in [0.2, 0.25) is 5.95 Å².